The Morgan fingerprint density at radius 3 is 2.81 bits per heavy atom. The van der Waals surface area contributed by atoms with Crippen molar-refractivity contribution in [3.63, 3.8) is 0 Å². The van der Waals surface area contributed by atoms with Crippen LogP contribution in [0, 0.1) is 11.3 Å². The first-order chi connectivity index (χ1) is 7.61. The molecule has 0 aliphatic heterocycles. The standard InChI is InChI=1S/C11H11N3O2/c1-8(15)13-7-11(16)14-10-4-2-3-9(5-10)6-12/h2-5H,7H2,1H3,(H,13,15)(H,14,16). The third-order valence-corrected chi connectivity index (χ3v) is 1.77. The fourth-order valence-corrected chi connectivity index (χ4v) is 1.08. The summed E-state index contributed by atoms with van der Waals surface area (Å²) in [6, 6.07) is 8.52. The maximum absolute atomic E-state index is 11.3. The number of hydrogen-bond acceptors (Lipinski definition) is 3. The molecule has 1 aromatic carbocycles. The van der Waals surface area contributed by atoms with Gasteiger partial charge in [-0.1, -0.05) is 6.07 Å². The van der Waals surface area contributed by atoms with E-state index >= 15 is 0 Å². The predicted octanol–water partition coefficient (Wildman–Crippen LogP) is 0.633. The van der Waals surface area contributed by atoms with E-state index in [0.29, 0.717) is 11.3 Å². The van der Waals surface area contributed by atoms with Gasteiger partial charge in [-0.15, -0.1) is 0 Å². The van der Waals surface area contributed by atoms with E-state index in [0.717, 1.165) is 0 Å². The number of hydrogen-bond donors (Lipinski definition) is 2. The van der Waals surface area contributed by atoms with Gasteiger partial charge in [-0.3, -0.25) is 9.59 Å². The molecule has 0 aromatic heterocycles. The number of benzene rings is 1. The van der Waals surface area contributed by atoms with E-state index in [1.54, 1.807) is 24.3 Å². The molecule has 0 aliphatic carbocycles. The van der Waals surface area contributed by atoms with Crippen LogP contribution in [0.4, 0.5) is 5.69 Å². The van der Waals surface area contributed by atoms with Crippen molar-refractivity contribution in [3.05, 3.63) is 29.8 Å². The highest BCUT2D eigenvalue weighted by Crippen LogP contribution is 2.09. The monoisotopic (exact) mass is 217 g/mol. The minimum absolute atomic E-state index is 0.0773. The lowest BCUT2D eigenvalue weighted by Gasteiger charge is -2.05. The third kappa shape index (κ3) is 3.80. The molecule has 2 N–H and O–H groups in total. The molecule has 0 saturated carbocycles. The molecule has 82 valence electrons. The van der Waals surface area contributed by atoms with Gasteiger partial charge in [0.05, 0.1) is 18.2 Å². The van der Waals surface area contributed by atoms with Gasteiger partial charge >= 0.3 is 0 Å². The SMILES string of the molecule is CC(=O)NCC(=O)Nc1cccc(C#N)c1. The molecule has 0 spiro atoms. The van der Waals surface area contributed by atoms with Crippen molar-refractivity contribution < 1.29 is 9.59 Å². The number of carbonyl (C=O) groups is 2. The van der Waals surface area contributed by atoms with Crippen molar-refractivity contribution in [1.29, 1.82) is 5.26 Å². The van der Waals surface area contributed by atoms with Gasteiger partial charge in [-0.2, -0.15) is 5.26 Å². The van der Waals surface area contributed by atoms with Crippen molar-refractivity contribution in [2.24, 2.45) is 0 Å². The molecule has 0 heterocycles. The molecule has 1 rings (SSSR count). The number of nitriles is 1. The van der Waals surface area contributed by atoms with Crippen molar-refractivity contribution in [1.82, 2.24) is 5.32 Å². The maximum atomic E-state index is 11.3. The number of nitrogens with one attached hydrogen (secondary N) is 2. The zero-order valence-electron chi connectivity index (χ0n) is 8.78. The Kier molecular flexibility index (Phi) is 4.04. The van der Waals surface area contributed by atoms with Gasteiger partial charge in [0, 0.05) is 12.6 Å². The van der Waals surface area contributed by atoms with E-state index in [1.807, 2.05) is 6.07 Å². The average molecular weight is 217 g/mol. The Bertz CT molecular complexity index is 449. The molecule has 0 bridgehead atoms. The van der Waals surface area contributed by atoms with Crippen LogP contribution in [0.2, 0.25) is 0 Å². The molecule has 0 unspecified atom stereocenters. The van der Waals surface area contributed by atoms with E-state index in [-0.39, 0.29) is 18.4 Å². The number of rotatable bonds is 3. The number of nitrogens with zero attached hydrogens (tertiary/aromatic N) is 1. The summed E-state index contributed by atoms with van der Waals surface area (Å²) in [6.07, 6.45) is 0. The molecule has 0 fully saturated rings. The first kappa shape index (κ1) is 11.7. The summed E-state index contributed by atoms with van der Waals surface area (Å²) in [7, 11) is 0. The fraction of sp³-hybridized carbons (Fsp3) is 0.182. The molecule has 0 radical (unpaired) electrons. The van der Waals surface area contributed by atoms with Crippen LogP contribution in [0.1, 0.15) is 12.5 Å². The number of amides is 2. The highest BCUT2D eigenvalue weighted by atomic mass is 16.2. The molecule has 0 atom stereocenters. The third-order valence-electron chi connectivity index (χ3n) is 1.77. The molecule has 5 nitrogen and oxygen atoms in total. The van der Waals surface area contributed by atoms with Gasteiger partial charge in [0.2, 0.25) is 11.8 Å². The van der Waals surface area contributed by atoms with Gasteiger partial charge in [0.25, 0.3) is 0 Å². The van der Waals surface area contributed by atoms with E-state index in [2.05, 4.69) is 10.6 Å². The minimum Gasteiger partial charge on any atom is -0.347 e. The van der Waals surface area contributed by atoms with Crippen LogP contribution in [0.3, 0.4) is 0 Å². The van der Waals surface area contributed by atoms with Gasteiger partial charge < -0.3 is 10.6 Å². The normalized spacial score (nSPS) is 9.00. The van der Waals surface area contributed by atoms with E-state index in [4.69, 9.17) is 5.26 Å². The summed E-state index contributed by atoms with van der Waals surface area (Å²) in [5.74, 6) is -0.591. The molecule has 2 amide bonds. The van der Waals surface area contributed by atoms with E-state index < -0.39 is 0 Å². The Morgan fingerprint density at radius 1 is 1.44 bits per heavy atom. The summed E-state index contributed by atoms with van der Waals surface area (Å²) in [5, 5.41) is 13.6. The molecule has 16 heavy (non-hydrogen) atoms. The van der Waals surface area contributed by atoms with Crippen LogP contribution in [0.25, 0.3) is 0 Å². The topological polar surface area (TPSA) is 82.0 Å². The summed E-state index contributed by atoms with van der Waals surface area (Å²) in [5.41, 5.74) is 1.01. The lowest BCUT2D eigenvalue weighted by molar-refractivity contribution is -0.122. The highest BCUT2D eigenvalue weighted by molar-refractivity contribution is 5.94. The second-order valence-corrected chi connectivity index (χ2v) is 3.15. The first-order valence-corrected chi connectivity index (χ1v) is 4.66. The summed E-state index contributed by atoms with van der Waals surface area (Å²) >= 11 is 0. The van der Waals surface area contributed by atoms with Crippen molar-refractivity contribution in [2.45, 2.75) is 6.92 Å². The average Bonchev–Trinajstić information content (AvgIpc) is 2.26. The Balaban J connectivity index is 2.56. The smallest absolute Gasteiger partial charge is 0.243 e. The Morgan fingerprint density at radius 2 is 2.19 bits per heavy atom. The van der Waals surface area contributed by atoms with Crippen molar-refractivity contribution >= 4 is 17.5 Å². The Hall–Kier alpha value is -2.35. The lowest BCUT2D eigenvalue weighted by atomic mass is 10.2. The van der Waals surface area contributed by atoms with Crippen molar-refractivity contribution in [2.75, 3.05) is 11.9 Å². The van der Waals surface area contributed by atoms with Gasteiger partial charge in [-0.05, 0) is 18.2 Å². The van der Waals surface area contributed by atoms with Crippen LogP contribution in [0.5, 0.6) is 0 Å². The van der Waals surface area contributed by atoms with E-state index in [9.17, 15) is 9.59 Å². The quantitative estimate of drug-likeness (QED) is 0.779. The number of carbonyl (C=O) groups excluding carboxylic acids is 2. The van der Waals surface area contributed by atoms with Gasteiger partial charge in [0.15, 0.2) is 0 Å². The fourth-order valence-electron chi connectivity index (χ4n) is 1.08. The minimum atomic E-state index is -0.328. The van der Waals surface area contributed by atoms with Crippen LogP contribution in [-0.4, -0.2) is 18.4 Å². The molecule has 0 aliphatic rings. The second kappa shape index (κ2) is 5.51. The van der Waals surface area contributed by atoms with Crippen LogP contribution in [0.15, 0.2) is 24.3 Å². The first-order valence-electron chi connectivity index (χ1n) is 4.66. The number of anilines is 1. The van der Waals surface area contributed by atoms with Crippen LogP contribution in [-0.2, 0) is 9.59 Å². The van der Waals surface area contributed by atoms with E-state index in [1.165, 1.54) is 6.92 Å². The van der Waals surface area contributed by atoms with Gasteiger partial charge in [-0.25, -0.2) is 0 Å². The molecular formula is C11H11N3O2. The zero-order chi connectivity index (χ0) is 12.0. The lowest BCUT2D eigenvalue weighted by Crippen LogP contribution is -2.31. The predicted molar refractivity (Wildman–Crippen MR) is 58.5 cm³/mol. The summed E-state index contributed by atoms with van der Waals surface area (Å²) < 4.78 is 0. The van der Waals surface area contributed by atoms with Crippen LogP contribution < -0.4 is 10.6 Å². The summed E-state index contributed by atoms with van der Waals surface area (Å²) in [6.45, 7) is 1.26. The molecule has 1 aromatic rings. The second-order valence-electron chi connectivity index (χ2n) is 3.15. The van der Waals surface area contributed by atoms with Gasteiger partial charge in [0.1, 0.15) is 0 Å². The Labute approximate surface area is 93.1 Å². The molecule has 5 heteroatoms. The molecule has 0 saturated heterocycles. The largest absolute Gasteiger partial charge is 0.347 e. The maximum Gasteiger partial charge on any atom is 0.243 e. The highest BCUT2D eigenvalue weighted by Gasteiger charge is 2.03. The van der Waals surface area contributed by atoms with Crippen LogP contribution >= 0.6 is 0 Å². The summed E-state index contributed by atoms with van der Waals surface area (Å²) in [4.78, 5) is 21.9. The molecular weight excluding hydrogens is 206 g/mol. The zero-order valence-corrected chi connectivity index (χ0v) is 8.78. The van der Waals surface area contributed by atoms with Crippen molar-refractivity contribution in [3.8, 4) is 6.07 Å².